The van der Waals surface area contributed by atoms with E-state index in [1.807, 2.05) is 0 Å². The predicted octanol–water partition coefficient (Wildman–Crippen LogP) is 2.12. The fraction of sp³-hybridized carbons (Fsp3) is 0.300. The molecule has 0 aliphatic heterocycles. The molecule has 0 aliphatic rings. The predicted molar refractivity (Wildman–Crippen MR) is 48.3 cm³/mol. The zero-order valence-electron chi connectivity index (χ0n) is 8.13. The lowest BCUT2D eigenvalue weighted by atomic mass is 10.2. The fourth-order valence-electron chi connectivity index (χ4n) is 0.885. The van der Waals surface area contributed by atoms with Crippen molar-refractivity contribution in [2.75, 3.05) is 13.4 Å². The number of benzene rings is 1. The first kappa shape index (κ1) is 11.6. The molecule has 0 saturated heterocycles. The van der Waals surface area contributed by atoms with Crippen molar-refractivity contribution >= 4 is 5.97 Å². The fourth-order valence-corrected chi connectivity index (χ4v) is 0.885. The van der Waals surface area contributed by atoms with Gasteiger partial charge in [0.25, 0.3) is 0 Å². The Morgan fingerprint density at radius 3 is 2.67 bits per heavy atom. The monoisotopic (exact) mass is 216 g/mol. The molecule has 0 aliphatic carbocycles. The Balaban J connectivity index is 2.62. The maximum Gasteiger partial charge on any atom is 0.340 e. The van der Waals surface area contributed by atoms with E-state index < -0.39 is 17.6 Å². The summed E-state index contributed by atoms with van der Waals surface area (Å²) in [6.45, 7) is 1.95. The number of carbonyl (C=O) groups is 1. The largest absolute Gasteiger partial charge is 0.435 e. The summed E-state index contributed by atoms with van der Waals surface area (Å²) in [6.07, 6.45) is 0. The summed E-state index contributed by atoms with van der Waals surface area (Å²) in [7, 11) is 0. The van der Waals surface area contributed by atoms with Crippen molar-refractivity contribution in [3.05, 3.63) is 35.4 Å². The van der Waals surface area contributed by atoms with Crippen LogP contribution in [0.1, 0.15) is 17.3 Å². The molecule has 5 heteroatoms. The van der Waals surface area contributed by atoms with E-state index in [4.69, 9.17) is 4.74 Å². The highest BCUT2D eigenvalue weighted by atomic mass is 19.2. The van der Waals surface area contributed by atoms with Crippen LogP contribution in [0.25, 0.3) is 0 Å². The van der Waals surface area contributed by atoms with Crippen LogP contribution in [-0.2, 0) is 9.47 Å². The molecule has 0 amide bonds. The second-order valence-corrected chi connectivity index (χ2v) is 2.67. The third kappa shape index (κ3) is 3.28. The number of halogens is 2. The third-order valence-corrected chi connectivity index (χ3v) is 1.63. The molecule has 15 heavy (non-hydrogen) atoms. The molecule has 0 unspecified atom stereocenters. The molecule has 1 aromatic carbocycles. The van der Waals surface area contributed by atoms with Crippen LogP contribution in [-0.4, -0.2) is 19.4 Å². The van der Waals surface area contributed by atoms with E-state index in [-0.39, 0.29) is 12.4 Å². The van der Waals surface area contributed by atoms with Gasteiger partial charge in [0.1, 0.15) is 0 Å². The molecule has 0 fully saturated rings. The third-order valence-electron chi connectivity index (χ3n) is 1.63. The van der Waals surface area contributed by atoms with E-state index in [0.29, 0.717) is 6.61 Å². The number of ether oxygens (including phenoxy) is 2. The summed E-state index contributed by atoms with van der Waals surface area (Å²) >= 11 is 0. The minimum absolute atomic E-state index is 0.0476. The summed E-state index contributed by atoms with van der Waals surface area (Å²) in [5.74, 6) is -2.83. The van der Waals surface area contributed by atoms with Gasteiger partial charge >= 0.3 is 5.97 Å². The smallest absolute Gasteiger partial charge is 0.340 e. The van der Waals surface area contributed by atoms with Gasteiger partial charge in [-0.3, -0.25) is 0 Å². The van der Waals surface area contributed by atoms with Gasteiger partial charge in [-0.25, -0.2) is 13.6 Å². The normalized spacial score (nSPS) is 10.1. The molecule has 0 spiro atoms. The van der Waals surface area contributed by atoms with E-state index in [1.54, 1.807) is 6.92 Å². The summed E-state index contributed by atoms with van der Waals surface area (Å²) in [5, 5.41) is 0. The number of carbonyl (C=O) groups excluding carboxylic acids is 1. The van der Waals surface area contributed by atoms with Crippen LogP contribution in [0.5, 0.6) is 0 Å². The van der Waals surface area contributed by atoms with Gasteiger partial charge in [0, 0.05) is 6.61 Å². The Kier molecular flexibility index (Phi) is 4.17. The first-order valence-corrected chi connectivity index (χ1v) is 4.35. The average Bonchev–Trinajstić information content (AvgIpc) is 2.22. The van der Waals surface area contributed by atoms with Gasteiger partial charge in [0.15, 0.2) is 18.4 Å². The van der Waals surface area contributed by atoms with E-state index in [1.165, 1.54) is 0 Å². The highest BCUT2D eigenvalue weighted by molar-refractivity contribution is 5.89. The molecule has 0 bridgehead atoms. The quantitative estimate of drug-likeness (QED) is 0.439. The molecule has 0 radical (unpaired) electrons. The van der Waals surface area contributed by atoms with Crippen molar-refractivity contribution < 1.29 is 23.0 Å². The Bertz CT molecular complexity index is 353. The standard InChI is InChI=1S/C10H10F2O3/c1-2-14-6-15-10(13)7-3-4-8(11)9(12)5-7/h3-5H,2,6H2,1H3. The molecular formula is C10H10F2O3. The van der Waals surface area contributed by atoms with Crippen molar-refractivity contribution in [3.63, 3.8) is 0 Å². The van der Waals surface area contributed by atoms with Gasteiger partial charge in [-0.05, 0) is 25.1 Å². The summed E-state index contributed by atoms with van der Waals surface area (Å²) < 4.78 is 34.6. The molecule has 0 saturated carbocycles. The summed E-state index contributed by atoms with van der Waals surface area (Å²) in [4.78, 5) is 11.2. The topological polar surface area (TPSA) is 35.5 Å². The highest BCUT2D eigenvalue weighted by Gasteiger charge is 2.10. The maximum absolute atomic E-state index is 12.7. The average molecular weight is 216 g/mol. The van der Waals surface area contributed by atoms with Crippen molar-refractivity contribution in [2.45, 2.75) is 6.92 Å². The molecule has 0 aromatic heterocycles. The van der Waals surface area contributed by atoms with Crippen LogP contribution in [0.15, 0.2) is 18.2 Å². The molecular weight excluding hydrogens is 206 g/mol. The molecule has 1 aromatic rings. The Morgan fingerprint density at radius 1 is 1.33 bits per heavy atom. The van der Waals surface area contributed by atoms with Crippen LogP contribution in [0.2, 0.25) is 0 Å². The van der Waals surface area contributed by atoms with E-state index in [0.717, 1.165) is 18.2 Å². The zero-order valence-corrected chi connectivity index (χ0v) is 8.13. The molecule has 82 valence electrons. The zero-order chi connectivity index (χ0) is 11.3. The lowest BCUT2D eigenvalue weighted by Gasteiger charge is -2.04. The molecule has 0 atom stereocenters. The van der Waals surface area contributed by atoms with E-state index >= 15 is 0 Å². The highest BCUT2D eigenvalue weighted by Crippen LogP contribution is 2.09. The molecule has 0 N–H and O–H groups in total. The first-order chi connectivity index (χ1) is 7.15. The number of hydrogen-bond donors (Lipinski definition) is 0. The number of rotatable bonds is 4. The van der Waals surface area contributed by atoms with Gasteiger partial charge in [0.05, 0.1) is 5.56 Å². The van der Waals surface area contributed by atoms with Gasteiger partial charge in [0.2, 0.25) is 0 Å². The van der Waals surface area contributed by atoms with Crippen LogP contribution < -0.4 is 0 Å². The van der Waals surface area contributed by atoms with Crippen molar-refractivity contribution in [1.29, 1.82) is 0 Å². The Hall–Kier alpha value is -1.49. The van der Waals surface area contributed by atoms with Crippen LogP contribution in [0.4, 0.5) is 8.78 Å². The lowest BCUT2D eigenvalue weighted by Crippen LogP contribution is -2.09. The first-order valence-electron chi connectivity index (χ1n) is 4.35. The van der Waals surface area contributed by atoms with Crippen molar-refractivity contribution in [1.82, 2.24) is 0 Å². The lowest BCUT2D eigenvalue weighted by molar-refractivity contribution is -0.0274. The van der Waals surface area contributed by atoms with Crippen LogP contribution >= 0.6 is 0 Å². The second kappa shape index (κ2) is 5.41. The second-order valence-electron chi connectivity index (χ2n) is 2.67. The number of esters is 1. The Labute approximate surface area is 85.6 Å². The molecule has 3 nitrogen and oxygen atoms in total. The van der Waals surface area contributed by atoms with Crippen molar-refractivity contribution in [2.24, 2.45) is 0 Å². The summed E-state index contributed by atoms with van der Waals surface area (Å²) in [6, 6.07) is 2.79. The van der Waals surface area contributed by atoms with Crippen LogP contribution in [0.3, 0.4) is 0 Å². The van der Waals surface area contributed by atoms with Crippen LogP contribution in [0, 0.1) is 11.6 Å². The Morgan fingerprint density at radius 2 is 2.07 bits per heavy atom. The number of hydrogen-bond acceptors (Lipinski definition) is 3. The SMILES string of the molecule is CCOCOC(=O)c1ccc(F)c(F)c1. The van der Waals surface area contributed by atoms with Gasteiger partial charge < -0.3 is 9.47 Å². The van der Waals surface area contributed by atoms with E-state index in [9.17, 15) is 13.6 Å². The van der Waals surface area contributed by atoms with Gasteiger partial charge in [-0.2, -0.15) is 0 Å². The summed E-state index contributed by atoms with van der Waals surface area (Å²) in [5.41, 5.74) is -0.0476. The van der Waals surface area contributed by atoms with Gasteiger partial charge in [-0.15, -0.1) is 0 Å². The minimum Gasteiger partial charge on any atom is -0.435 e. The molecule has 0 heterocycles. The van der Waals surface area contributed by atoms with Crippen molar-refractivity contribution in [3.8, 4) is 0 Å². The maximum atomic E-state index is 12.7. The molecule has 1 rings (SSSR count). The van der Waals surface area contributed by atoms with Gasteiger partial charge in [-0.1, -0.05) is 0 Å². The van der Waals surface area contributed by atoms with E-state index in [2.05, 4.69) is 4.74 Å². The minimum atomic E-state index is -1.08.